The first-order valence-corrected chi connectivity index (χ1v) is 10.4. The average Bonchev–Trinajstić information content (AvgIpc) is 3.31. The van der Waals surface area contributed by atoms with Gasteiger partial charge in [0.2, 0.25) is 0 Å². The molecule has 0 N–H and O–H groups in total. The van der Waals surface area contributed by atoms with Crippen LogP contribution in [0.25, 0.3) is 17.4 Å². The Morgan fingerprint density at radius 2 is 1.77 bits per heavy atom. The maximum atomic E-state index is 12.7. The number of carbonyl (C=O) groups is 2. The highest BCUT2D eigenvalue weighted by molar-refractivity contribution is 8.18. The second kappa shape index (κ2) is 8.58. The van der Waals surface area contributed by atoms with Gasteiger partial charge >= 0.3 is 0 Å². The summed E-state index contributed by atoms with van der Waals surface area (Å²) in [7, 11) is 0. The molecule has 31 heavy (non-hydrogen) atoms. The van der Waals surface area contributed by atoms with Crippen LogP contribution in [0.3, 0.4) is 0 Å². The lowest BCUT2D eigenvalue weighted by molar-refractivity contribution is -0.384. The van der Waals surface area contributed by atoms with Crippen LogP contribution in [0.4, 0.5) is 10.5 Å². The van der Waals surface area contributed by atoms with Crippen molar-refractivity contribution in [1.29, 1.82) is 0 Å². The third kappa shape index (κ3) is 4.51. The van der Waals surface area contributed by atoms with Crippen LogP contribution in [0.15, 0.2) is 63.9 Å². The molecule has 0 bridgehead atoms. The zero-order valence-electron chi connectivity index (χ0n) is 15.6. The van der Waals surface area contributed by atoms with Gasteiger partial charge in [0, 0.05) is 23.8 Å². The number of carbonyl (C=O) groups excluding carboxylic acids is 2. The van der Waals surface area contributed by atoms with Crippen molar-refractivity contribution >= 4 is 57.9 Å². The zero-order chi connectivity index (χ0) is 22.1. The molecule has 0 saturated carbocycles. The Bertz CT molecular complexity index is 1240. The highest BCUT2D eigenvalue weighted by atomic mass is 35.5. The number of amides is 2. The number of hydrogen-bond donors (Lipinski definition) is 0. The first kappa shape index (κ1) is 21.2. The molecule has 0 atom stereocenters. The molecule has 0 radical (unpaired) electrons. The van der Waals surface area contributed by atoms with Gasteiger partial charge in [-0.15, -0.1) is 0 Å². The van der Waals surface area contributed by atoms with E-state index in [2.05, 4.69) is 0 Å². The van der Waals surface area contributed by atoms with Gasteiger partial charge in [-0.3, -0.25) is 24.6 Å². The lowest BCUT2D eigenvalue weighted by atomic mass is 10.1. The van der Waals surface area contributed by atoms with E-state index in [1.54, 1.807) is 42.5 Å². The predicted molar refractivity (Wildman–Crippen MR) is 119 cm³/mol. The molecule has 0 aliphatic carbocycles. The Morgan fingerprint density at radius 1 is 1.03 bits per heavy atom. The van der Waals surface area contributed by atoms with Gasteiger partial charge in [-0.2, -0.15) is 0 Å². The molecule has 1 aliphatic heterocycles. The molecule has 7 nitrogen and oxygen atoms in total. The number of nitrogens with zero attached hydrogens (tertiary/aromatic N) is 2. The van der Waals surface area contributed by atoms with Crippen LogP contribution in [-0.4, -0.2) is 21.0 Å². The number of imide groups is 1. The number of nitro groups is 1. The van der Waals surface area contributed by atoms with Crippen LogP contribution >= 0.6 is 35.0 Å². The van der Waals surface area contributed by atoms with E-state index in [9.17, 15) is 19.7 Å². The second-order valence-electron chi connectivity index (χ2n) is 6.52. The van der Waals surface area contributed by atoms with E-state index >= 15 is 0 Å². The molecule has 2 heterocycles. The number of halogens is 2. The standard InChI is InChI=1S/C21H12Cl2N2O5S/c22-16-7-1-12(9-17(16)23)11-24-20(26)19(31-21(24)27)10-15-6-8-18(30-15)13-2-4-14(5-3-13)25(28)29/h1-10H,11H2/b19-10+. The summed E-state index contributed by atoms with van der Waals surface area (Å²) in [5, 5.41) is 11.1. The van der Waals surface area contributed by atoms with Crippen molar-refractivity contribution in [3.05, 3.63) is 91.0 Å². The zero-order valence-corrected chi connectivity index (χ0v) is 17.9. The van der Waals surface area contributed by atoms with Crippen molar-refractivity contribution in [2.24, 2.45) is 0 Å². The largest absolute Gasteiger partial charge is 0.457 e. The van der Waals surface area contributed by atoms with E-state index < -0.39 is 16.1 Å². The molecule has 1 saturated heterocycles. The van der Waals surface area contributed by atoms with Crippen molar-refractivity contribution in [3.8, 4) is 11.3 Å². The third-order valence-electron chi connectivity index (χ3n) is 4.46. The van der Waals surface area contributed by atoms with Crippen LogP contribution in [-0.2, 0) is 11.3 Å². The van der Waals surface area contributed by atoms with E-state index in [-0.39, 0.29) is 17.1 Å². The Balaban J connectivity index is 1.51. The van der Waals surface area contributed by atoms with Crippen molar-refractivity contribution in [1.82, 2.24) is 4.90 Å². The van der Waals surface area contributed by atoms with Crippen LogP contribution in [0.1, 0.15) is 11.3 Å². The minimum Gasteiger partial charge on any atom is -0.457 e. The normalized spacial score (nSPS) is 15.2. The fraction of sp³-hybridized carbons (Fsp3) is 0.0476. The van der Waals surface area contributed by atoms with Crippen LogP contribution in [0.2, 0.25) is 10.0 Å². The second-order valence-corrected chi connectivity index (χ2v) is 8.33. The van der Waals surface area contributed by atoms with Gasteiger partial charge in [0.1, 0.15) is 11.5 Å². The summed E-state index contributed by atoms with van der Waals surface area (Å²) in [6.45, 7) is 0.0745. The topological polar surface area (TPSA) is 93.7 Å². The maximum absolute atomic E-state index is 12.7. The van der Waals surface area contributed by atoms with Crippen molar-refractivity contribution in [3.63, 3.8) is 0 Å². The summed E-state index contributed by atoms with van der Waals surface area (Å²) in [6.07, 6.45) is 1.49. The smallest absolute Gasteiger partial charge is 0.293 e. The van der Waals surface area contributed by atoms with Gasteiger partial charge in [-0.1, -0.05) is 29.3 Å². The van der Waals surface area contributed by atoms with Gasteiger partial charge in [0.15, 0.2) is 0 Å². The van der Waals surface area contributed by atoms with E-state index in [1.165, 1.54) is 18.2 Å². The molecule has 1 fully saturated rings. The van der Waals surface area contributed by atoms with E-state index in [4.69, 9.17) is 27.6 Å². The molecule has 10 heteroatoms. The molecule has 0 spiro atoms. The lowest BCUT2D eigenvalue weighted by Crippen LogP contribution is -2.27. The molecule has 2 amide bonds. The number of thioether (sulfide) groups is 1. The highest BCUT2D eigenvalue weighted by Crippen LogP contribution is 2.35. The number of furan rings is 1. The monoisotopic (exact) mass is 474 g/mol. The summed E-state index contributed by atoms with van der Waals surface area (Å²) in [5.41, 5.74) is 1.31. The van der Waals surface area contributed by atoms with Crippen molar-refractivity contribution in [2.75, 3.05) is 0 Å². The fourth-order valence-electron chi connectivity index (χ4n) is 2.92. The minimum atomic E-state index is -0.481. The summed E-state index contributed by atoms with van der Waals surface area (Å²) < 4.78 is 5.72. The van der Waals surface area contributed by atoms with Gasteiger partial charge < -0.3 is 4.42 Å². The molecule has 3 aromatic rings. The quantitative estimate of drug-likeness (QED) is 0.241. The Labute approximate surface area is 190 Å². The summed E-state index contributed by atoms with van der Waals surface area (Å²) in [5.74, 6) is 0.430. The number of rotatable bonds is 5. The first-order chi connectivity index (χ1) is 14.8. The molecule has 1 aliphatic rings. The maximum Gasteiger partial charge on any atom is 0.293 e. The Kier molecular flexibility index (Phi) is 5.86. The summed E-state index contributed by atoms with van der Waals surface area (Å²) in [6, 6.07) is 14.2. The van der Waals surface area contributed by atoms with Crippen LogP contribution in [0.5, 0.6) is 0 Å². The average molecular weight is 475 g/mol. The van der Waals surface area contributed by atoms with Gasteiger partial charge in [0.05, 0.1) is 26.4 Å². The number of nitro benzene ring substituents is 1. The molecule has 1 aromatic heterocycles. The minimum absolute atomic E-state index is 0.0221. The summed E-state index contributed by atoms with van der Waals surface area (Å²) in [4.78, 5) is 36.7. The molecule has 2 aromatic carbocycles. The molecule has 156 valence electrons. The van der Waals surface area contributed by atoms with Crippen molar-refractivity contribution < 1.29 is 18.9 Å². The Morgan fingerprint density at radius 3 is 2.45 bits per heavy atom. The number of hydrogen-bond acceptors (Lipinski definition) is 6. The van der Waals surface area contributed by atoms with Crippen LogP contribution in [0, 0.1) is 10.1 Å². The molecule has 0 unspecified atom stereocenters. The molecular weight excluding hydrogens is 463 g/mol. The van der Waals surface area contributed by atoms with E-state index in [1.807, 2.05) is 0 Å². The lowest BCUT2D eigenvalue weighted by Gasteiger charge is -2.12. The fourth-order valence-corrected chi connectivity index (χ4v) is 4.06. The van der Waals surface area contributed by atoms with Gasteiger partial charge in [-0.05, 0) is 53.7 Å². The SMILES string of the molecule is O=C1S/C(=C/c2ccc(-c3ccc([N+](=O)[O-])cc3)o2)C(=O)N1Cc1ccc(Cl)c(Cl)c1. The number of non-ortho nitro benzene ring substituents is 1. The number of benzene rings is 2. The first-order valence-electron chi connectivity index (χ1n) is 8.86. The molecular formula is C21H12Cl2N2O5S. The predicted octanol–water partition coefficient (Wildman–Crippen LogP) is 6.40. The van der Waals surface area contributed by atoms with Crippen molar-refractivity contribution in [2.45, 2.75) is 6.54 Å². The highest BCUT2D eigenvalue weighted by Gasteiger charge is 2.35. The van der Waals surface area contributed by atoms with Crippen LogP contribution < -0.4 is 0 Å². The Hall–Kier alpha value is -3.07. The third-order valence-corrected chi connectivity index (χ3v) is 6.11. The molecule has 4 rings (SSSR count). The van der Waals surface area contributed by atoms with Gasteiger partial charge in [-0.25, -0.2) is 0 Å². The summed E-state index contributed by atoms with van der Waals surface area (Å²) >= 11 is 12.7. The van der Waals surface area contributed by atoms with E-state index in [0.29, 0.717) is 32.7 Å². The van der Waals surface area contributed by atoms with Gasteiger partial charge in [0.25, 0.3) is 16.8 Å². The van der Waals surface area contributed by atoms with E-state index in [0.717, 1.165) is 16.7 Å².